The van der Waals surface area contributed by atoms with Crippen molar-refractivity contribution < 1.29 is 19.0 Å². The highest BCUT2D eigenvalue weighted by Crippen LogP contribution is 2.20. The fourth-order valence-corrected chi connectivity index (χ4v) is 1.59. The molecule has 1 aromatic carbocycles. The van der Waals surface area contributed by atoms with E-state index in [0.717, 1.165) is 16.9 Å². The van der Waals surface area contributed by atoms with E-state index in [1.807, 2.05) is 19.1 Å². The number of methoxy groups -OCH3 is 2. The maximum absolute atomic E-state index is 11.7. The Morgan fingerprint density at radius 2 is 2.10 bits per heavy atom. The molecule has 0 aromatic heterocycles. The van der Waals surface area contributed by atoms with Crippen LogP contribution in [0.15, 0.2) is 23.8 Å². The Morgan fingerprint density at radius 3 is 2.65 bits per heavy atom. The first-order chi connectivity index (χ1) is 9.62. The lowest BCUT2D eigenvalue weighted by molar-refractivity contribution is -0.139. The molecule has 1 aromatic rings. The third-order valence-electron chi connectivity index (χ3n) is 2.59. The molecule has 5 heteroatoms. The monoisotopic (exact) mass is 275 g/mol. The first-order valence-electron chi connectivity index (χ1n) is 6.05. The smallest absolute Gasteiger partial charge is 0.348 e. The van der Waals surface area contributed by atoms with Crippen molar-refractivity contribution >= 4 is 12.0 Å². The number of rotatable bonds is 6. The van der Waals surface area contributed by atoms with Crippen molar-refractivity contribution in [2.75, 3.05) is 27.4 Å². The van der Waals surface area contributed by atoms with E-state index in [2.05, 4.69) is 0 Å². The first-order valence-corrected chi connectivity index (χ1v) is 6.05. The van der Waals surface area contributed by atoms with E-state index in [1.165, 1.54) is 13.2 Å². The third kappa shape index (κ3) is 4.41. The van der Waals surface area contributed by atoms with Crippen molar-refractivity contribution in [1.29, 1.82) is 5.26 Å². The lowest BCUT2D eigenvalue weighted by Crippen LogP contribution is -2.11. The van der Waals surface area contributed by atoms with E-state index in [9.17, 15) is 4.79 Å². The van der Waals surface area contributed by atoms with Gasteiger partial charge in [-0.25, -0.2) is 4.79 Å². The SMILES string of the molecule is COCCOC(=O)/C(C#N)=C/c1ccc(OC)c(C)c1. The zero-order chi connectivity index (χ0) is 15.0. The quantitative estimate of drug-likeness (QED) is 0.344. The lowest BCUT2D eigenvalue weighted by Gasteiger charge is -2.06. The highest BCUT2D eigenvalue weighted by atomic mass is 16.6. The summed E-state index contributed by atoms with van der Waals surface area (Å²) in [5.74, 6) is 0.0985. The third-order valence-corrected chi connectivity index (χ3v) is 2.59. The Bertz CT molecular complexity index is 543. The molecular formula is C15H17NO4. The topological polar surface area (TPSA) is 68.5 Å². The van der Waals surface area contributed by atoms with E-state index in [1.54, 1.807) is 19.2 Å². The summed E-state index contributed by atoms with van der Waals surface area (Å²) in [7, 11) is 3.10. The fraction of sp³-hybridized carbons (Fsp3) is 0.333. The summed E-state index contributed by atoms with van der Waals surface area (Å²) in [6.07, 6.45) is 1.49. The molecule has 0 aliphatic heterocycles. The Labute approximate surface area is 118 Å². The maximum atomic E-state index is 11.7. The van der Waals surface area contributed by atoms with Gasteiger partial charge in [0.05, 0.1) is 13.7 Å². The van der Waals surface area contributed by atoms with E-state index in [0.29, 0.717) is 6.61 Å². The van der Waals surface area contributed by atoms with Crippen molar-refractivity contribution in [2.24, 2.45) is 0 Å². The molecule has 0 radical (unpaired) electrons. The predicted molar refractivity (Wildman–Crippen MR) is 74.2 cm³/mol. The number of hydrogen-bond donors (Lipinski definition) is 0. The lowest BCUT2D eigenvalue weighted by atomic mass is 10.1. The second-order valence-corrected chi connectivity index (χ2v) is 4.03. The molecular weight excluding hydrogens is 258 g/mol. The highest BCUT2D eigenvalue weighted by molar-refractivity contribution is 5.97. The normalized spacial score (nSPS) is 10.8. The molecule has 5 nitrogen and oxygen atoms in total. The molecule has 0 aliphatic rings. The minimum Gasteiger partial charge on any atom is -0.496 e. The van der Waals surface area contributed by atoms with Crippen molar-refractivity contribution in [2.45, 2.75) is 6.92 Å². The molecule has 0 spiro atoms. The zero-order valence-electron chi connectivity index (χ0n) is 11.8. The number of nitrogens with zero attached hydrogens (tertiary/aromatic N) is 1. The Hall–Kier alpha value is -2.32. The summed E-state index contributed by atoms with van der Waals surface area (Å²) >= 11 is 0. The van der Waals surface area contributed by atoms with Crippen LogP contribution in [-0.4, -0.2) is 33.4 Å². The molecule has 0 unspecified atom stereocenters. The van der Waals surface area contributed by atoms with E-state index >= 15 is 0 Å². The summed E-state index contributed by atoms with van der Waals surface area (Å²) in [5, 5.41) is 9.01. The van der Waals surface area contributed by atoms with Crippen LogP contribution in [0.1, 0.15) is 11.1 Å². The van der Waals surface area contributed by atoms with Crippen molar-refractivity contribution in [1.82, 2.24) is 0 Å². The first kappa shape index (κ1) is 15.7. The zero-order valence-corrected chi connectivity index (χ0v) is 11.8. The number of carbonyl (C=O) groups excluding carboxylic acids is 1. The van der Waals surface area contributed by atoms with Gasteiger partial charge >= 0.3 is 5.97 Å². The minimum atomic E-state index is -0.655. The van der Waals surface area contributed by atoms with Crippen LogP contribution in [0, 0.1) is 18.3 Å². The molecule has 1 rings (SSSR count). The number of esters is 1. The van der Waals surface area contributed by atoms with Crippen LogP contribution in [0.2, 0.25) is 0 Å². The average molecular weight is 275 g/mol. The molecule has 0 aliphatic carbocycles. The fourth-order valence-electron chi connectivity index (χ4n) is 1.59. The van der Waals surface area contributed by atoms with Gasteiger partial charge in [-0.1, -0.05) is 6.07 Å². The summed E-state index contributed by atoms with van der Waals surface area (Å²) in [6, 6.07) is 7.23. The van der Waals surface area contributed by atoms with Gasteiger partial charge in [0.15, 0.2) is 0 Å². The summed E-state index contributed by atoms with van der Waals surface area (Å²) in [6.45, 7) is 2.31. The summed E-state index contributed by atoms with van der Waals surface area (Å²) in [4.78, 5) is 11.7. The summed E-state index contributed by atoms with van der Waals surface area (Å²) < 4.78 is 14.8. The van der Waals surface area contributed by atoms with E-state index < -0.39 is 5.97 Å². The van der Waals surface area contributed by atoms with Crippen molar-refractivity contribution in [3.05, 3.63) is 34.9 Å². The molecule has 0 N–H and O–H groups in total. The van der Waals surface area contributed by atoms with Crippen LogP contribution in [0.25, 0.3) is 6.08 Å². The van der Waals surface area contributed by atoms with Crippen molar-refractivity contribution in [3.8, 4) is 11.8 Å². The van der Waals surface area contributed by atoms with Crippen LogP contribution in [-0.2, 0) is 14.3 Å². The largest absolute Gasteiger partial charge is 0.496 e. The van der Waals surface area contributed by atoms with E-state index in [-0.39, 0.29) is 12.2 Å². The van der Waals surface area contributed by atoms with Gasteiger partial charge in [0.2, 0.25) is 0 Å². The van der Waals surface area contributed by atoms with Gasteiger partial charge in [0.25, 0.3) is 0 Å². The molecule has 0 saturated heterocycles. The minimum absolute atomic E-state index is 0.0503. The molecule has 20 heavy (non-hydrogen) atoms. The standard InChI is InChI=1S/C15H17NO4/c1-11-8-12(4-5-14(11)19-3)9-13(10-16)15(17)20-7-6-18-2/h4-5,8-9H,6-7H2,1-3H3/b13-9+. The van der Waals surface area contributed by atoms with Gasteiger partial charge in [0, 0.05) is 7.11 Å². The molecule has 0 heterocycles. The van der Waals surface area contributed by atoms with Gasteiger partial charge < -0.3 is 14.2 Å². The number of ether oxygens (including phenoxy) is 3. The number of hydrogen-bond acceptors (Lipinski definition) is 5. The molecule has 0 amide bonds. The second kappa shape index (κ2) is 7.97. The molecule has 106 valence electrons. The second-order valence-electron chi connectivity index (χ2n) is 4.03. The Balaban J connectivity index is 2.86. The molecule has 0 fully saturated rings. The van der Waals surface area contributed by atoms with Crippen LogP contribution in [0.5, 0.6) is 5.75 Å². The van der Waals surface area contributed by atoms with Gasteiger partial charge in [-0.15, -0.1) is 0 Å². The Kier molecular flexibility index (Phi) is 6.27. The van der Waals surface area contributed by atoms with Gasteiger partial charge in [0.1, 0.15) is 24.0 Å². The van der Waals surface area contributed by atoms with Crippen LogP contribution >= 0.6 is 0 Å². The van der Waals surface area contributed by atoms with Crippen LogP contribution in [0.4, 0.5) is 0 Å². The van der Waals surface area contributed by atoms with Crippen LogP contribution < -0.4 is 4.74 Å². The number of benzene rings is 1. The number of aryl methyl sites for hydroxylation is 1. The van der Waals surface area contributed by atoms with Crippen LogP contribution in [0.3, 0.4) is 0 Å². The molecule has 0 saturated carbocycles. The van der Waals surface area contributed by atoms with E-state index in [4.69, 9.17) is 19.5 Å². The molecule has 0 atom stereocenters. The summed E-state index contributed by atoms with van der Waals surface area (Å²) in [5.41, 5.74) is 1.61. The van der Waals surface area contributed by atoms with Gasteiger partial charge in [-0.05, 0) is 36.3 Å². The Morgan fingerprint density at radius 1 is 1.35 bits per heavy atom. The van der Waals surface area contributed by atoms with Gasteiger partial charge in [-0.3, -0.25) is 0 Å². The number of carbonyl (C=O) groups is 1. The molecule has 0 bridgehead atoms. The highest BCUT2D eigenvalue weighted by Gasteiger charge is 2.10. The number of nitriles is 1. The predicted octanol–water partition coefficient (Wildman–Crippen LogP) is 2.10. The maximum Gasteiger partial charge on any atom is 0.348 e. The van der Waals surface area contributed by atoms with Gasteiger partial charge in [-0.2, -0.15) is 5.26 Å². The van der Waals surface area contributed by atoms with Crippen molar-refractivity contribution in [3.63, 3.8) is 0 Å². The average Bonchev–Trinajstić information content (AvgIpc) is 2.45.